The van der Waals surface area contributed by atoms with Crippen molar-refractivity contribution in [1.29, 1.82) is 0 Å². The van der Waals surface area contributed by atoms with Crippen molar-refractivity contribution >= 4 is 11.6 Å². The molecule has 0 aromatic heterocycles. The lowest BCUT2D eigenvalue weighted by molar-refractivity contribution is 0.410. The first-order valence-corrected chi connectivity index (χ1v) is 4.71. The zero-order valence-corrected chi connectivity index (χ0v) is 8.94. The van der Waals surface area contributed by atoms with Crippen molar-refractivity contribution in [3.8, 4) is 5.75 Å². The first-order valence-electron chi connectivity index (χ1n) is 4.33. The van der Waals surface area contributed by atoms with Crippen molar-refractivity contribution in [2.45, 2.75) is 12.8 Å². The molecule has 2 nitrogen and oxygen atoms in total. The summed E-state index contributed by atoms with van der Waals surface area (Å²) in [5, 5.41) is 0.437. The van der Waals surface area contributed by atoms with Crippen LogP contribution in [0, 0.1) is 5.82 Å². The van der Waals surface area contributed by atoms with Gasteiger partial charge < -0.3 is 10.5 Å². The Balaban J connectivity index is 3.21. The maximum absolute atomic E-state index is 13.1. The highest BCUT2D eigenvalue weighted by atomic mass is 35.5. The van der Waals surface area contributed by atoms with Gasteiger partial charge in [-0.3, -0.25) is 0 Å². The third kappa shape index (κ3) is 2.16. The number of ether oxygens (including phenoxy) is 1. The van der Waals surface area contributed by atoms with Crippen LogP contribution >= 0.6 is 11.6 Å². The summed E-state index contributed by atoms with van der Waals surface area (Å²) >= 11 is 6.01. The van der Waals surface area contributed by atoms with Crippen LogP contribution in [0.3, 0.4) is 0 Å². The van der Waals surface area contributed by atoms with E-state index in [1.54, 1.807) is 0 Å². The van der Waals surface area contributed by atoms with Gasteiger partial charge in [-0.25, -0.2) is 4.39 Å². The van der Waals surface area contributed by atoms with E-state index in [2.05, 4.69) is 0 Å². The molecule has 14 heavy (non-hydrogen) atoms. The lowest BCUT2D eigenvalue weighted by Crippen LogP contribution is -2.10. The Labute approximate surface area is 87.8 Å². The second kappa shape index (κ2) is 4.62. The summed E-state index contributed by atoms with van der Waals surface area (Å²) in [5.74, 6) is 0.00983. The van der Waals surface area contributed by atoms with Gasteiger partial charge in [0.2, 0.25) is 0 Å². The van der Waals surface area contributed by atoms with Crippen LogP contribution < -0.4 is 10.5 Å². The normalized spacial score (nSPS) is 12.6. The summed E-state index contributed by atoms with van der Waals surface area (Å²) < 4.78 is 18.1. The third-order valence-electron chi connectivity index (χ3n) is 2.14. The molecule has 0 saturated carbocycles. The third-order valence-corrected chi connectivity index (χ3v) is 2.54. The van der Waals surface area contributed by atoms with E-state index in [4.69, 9.17) is 22.1 Å². The van der Waals surface area contributed by atoms with Gasteiger partial charge in [0, 0.05) is 6.07 Å². The topological polar surface area (TPSA) is 35.2 Å². The quantitative estimate of drug-likeness (QED) is 0.845. The van der Waals surface area contributed by atoms with Crippen molar-refractivity contribution in [3.05, 3.63) is 28.5 Å². The number of halogens is 2. The van der Waals surface area contributed by atoms with E-state index in [0.29, 0.717) is 22.9 Å². The van der Waals surface area contributed by atoms with Gasteiger partial charge in [-0.1, -0.05) is 18.5 Å². The number of rotatable bonds is 3. The summed E-state index contributed by atoms with van der Waals surface area (Å²) in [5.41, 5.74) is 6.18. The minimum atomic E-state index is -0.360. The molecule has 0 aliphatic carbocycles. The van der Waals surface area contributed by atoms with Crippen molar-refractivity contribution in [2.24, 2.45) is 5.73 Å². The van der Waals surface area contributed by atoms with Gasteiger partial charge in [-0.05, 0) is 24.1 Å². The number of methoxy groups -OCH3 is 1. The van der Waals surface area contributed by atoms with E-state index in [1.165, 1.54) is 19.2 Å². The van der Waals surface area contributed by atoms with E-state index in [9.17, 15) is 4.39 Å². The Hall–Kier alpha value is -0.800. The van der Waals surface area contributed by atoms with Gasteiger partial charge in [-0.2, -0.15) is 0 Å². The van der Waals surface area contributed by atoms with Crippen LogP contribution in [0.4, 0.5) is 4.39 Å². The fourth-order valence-electron chi connectivity index (χ4n) is 1.22. The first-order chi connectivity index (χ1) is 6.60. The molecule has 0 spiro atoms. The molecule has 0 saturated heterocycles. The van der Waals surface area contributed by atoms with Crippen LogP contribution in [0.1, 0.15) is 18.4 Å². The molecular formula is C10H13ClFNO. The van der Waals surface area contributed by atoms with Gasteiger partial charge in [0.05, 0.1) is 12.1 Å². The molecule has 1 rings (SSSR count). The van der Waals surface area contributed by atoms with Crippen molar-refractivity contribution in [3.63, 3.8) is 0 Å². The lowest BCUT2D eigenvalue weighted by Gasteiger charge is -2.13. The van der Waals surface area contributed by atoms with Crippen LogP contribution in [-0.2, 0) is 0 Å². The predicted octanol–water partition coefficient (Wildman–Crippen LogP) is 2.55. The van der Waals surface area contributed by atoms with Crippen molar-refractivity contribution in [2.75, 3.05) is 13.7 Å². The highest BCUT2D eigenvalue weighted by molar-refractivity contribution is 6.32. The van der Waals surface area contributed by atoms with E-state index in [-0.39, 0.29) is 11.7 Å². The van der Waals surface area contributed by atoms with E-state index in [0.717, 1.165) is 0 Å². The molecule has 1 unspecified atom stereocenters. The highest BCUT2D eigenvalue weighted by Crippen LogP contribution is 2.33. The fraction of sp³-hybridized carbons (Fsp3) is 0.400. The van der Waals surface area contributed by atoms with Crippen LogP contribution in [0.2, 0.25) is 5.02 Å². The van der Waals surface area contributed by atoms with Crippen LogP contribution in [0.15, 0.2) is 12.1 Å². The molecule has 0 heterocycles. The van der Waals surface area contributed by atoms with Crippen LogP contribution in [0.25, 0.3) is 0 Å². The number of hydrogen-bond donors (Lipinski definition) is 1. The summed E-state index contributed by atoms with van der Waals surface area (Å²) in [6.45, 7) is 2.31. The zero-order chi connectivity index (χ0) is 10.7. The molecule has 0 bridgehead atoms. The Morgan fingerprint density at radius 1 is 1.57 bits per heavy atom. The number of benzene rings is 1. The minimum absolute atomic E-state index is 0.0205. The molecular weight excluding hydrogens is 205 g/mol. The maximum Gasteiger partial charge on any atom is 0.140 e. The Morgan fingerprint density at radius 3 is 2.71 bits per heavy atom. The summed E-state index contributed by atoms with van der Waals surface area (Å²) in [4.78, 5) is 0. The summed E-state index contributed by atoms with van der Waals surface area (Å²) in [6.07, 6.45) is 0. The smallest absolute Gasteiger partial charge is 0.140 e. The van der Waals surface area contributed by atoms with E-state index >= 15 is 0 Å². The van der Waals surface area contributed by atoms with E-state index < -0.39 is 0 Å². The average Bonchev–Trinajstić information content (AvgIpc) is 2.19. The Bertz CT molecular complexity index is 330. The standard InChI is InChI=1S/C10H13ClFNO/c1-6(5-13)8-3-7(12)4-9(14-2)10(8)11/h3-4,6H,5,13H2,1-2H3. The molecule has 0 amide bonds. The molecule has 0 aliphatic heterocycles. The molecule has 78 valence electrons. The molecule has 0 fully saturated rings. The van der Waals surface area contributed by atoms with Gasteiger partial charge in [-0.15, -0.1) is 0 Å². The summed E-state index contributed by atoms with van der Waals surface area (Å²) in [7, 11) is 1.46. The molecule has 1 aromatic rings. The monoisotopic (exact) mass is 217 g/mol. The van der Waals surface area contributed by atoms with Gasteiger partial charge in [0.15, 0.2) is 0 Å². The molecule has 2 N–H and O–H groups in total. The minimum Gasteiger partial charge on any atom is -0.495 e. The van der Waals surface area contributed by atoms with Crippen molar-refractivity contribution < 1.29 is 9.13 Å². The molecule has 0 radical (unpaired) electrons. The molecule has 1 atom stereocenters. The maximum atomic E-state index is 13.1. The average molecular weight is 218 g/mol. The molecule has 0 aliphatic rings. The molecule has 1 aromatic carbocycles. The van der Waals surface area contributed by atoms with E-state index in [1.807, 2.05) is 6.92 Å². The summed E-state index contributed by atoms with van der Waals surface area (Å²) in [6, 6.07) is 2.65. The van der Waals surface area contributed by atoms with Crippen LogP contribution in [-0.4, -0.2) is 13.7 Å². The SMILES string of the molecule is COc1cc(F)cc(C(C)CN)c1Cl. The predicted molar refractivity (Wildman–Crippen MR) is 55.4 cm³/mol. The second-order valence-corrected chi connectivity index (χ2v) is 3.53. The second-order valence-electron chi connectivity index (χ2n) is 3.15. The van der Waals surface area contributed by atoms with Gasteiger partial charge in [0.25, 0.3) is 0 Å². The number of nitrogens with two attached hydrogens (primary N) is 1. The Kier molecular flexibility index (Phi) is 3.72. The highest BCUT2D eigenvalue weighted by Gasteiger charge is 2.14. The Morgan fingerprint density at radius 2 is 2.21 bits per heavy atom. The zero-order valence-electron chi connectivity index (χ0n) is 8.18. The number of hydrogen-bond acceptors (Lipinski definition) is 2. The first kappa shape index (κ1) is 11.3. The van der Waals surface area contributed by atoms with Gasteiger partial charge in [0.1, 0.15) is 11.6 Å². The largest absolute Gasteiger partial charge is 0.495 e. The van der Waals surface area contributed by atoms with Crippen LogP contribution in [0.5, 0.6) is 5.75 Å². The lowest BCUT2D eigenvalue weighted by atomic mass is 10.0. The molecule has 4 heteroatoms. The fourth-order valence-corrected chi connectivity index (χ4v) is 1.59. The van der Waals surface area contributed by atoms with Gasteiger partial charge >= 0.3 is 0 Å². The van der Waals surface area contributed by atoms with Crippen molar-refractivity contribution in [1.82, 2.24) is 0 Å².